The maximum absolute atomic E-state index is 6.53. The lowest BCUT2D eigenvalue weighted by atomic mass is 10.1. The minimum absolute atomic E-state index is 0. The first-order valence-corrected chi connectivity index (χ1v) is 7.53. The lowest BCUT2D eigenvalue weighted by molar-refractivity contribution is 0.164. The number of aromatic nitrogens is 1. The molecule has 0 amide bonds. The Bertz CT molecular complexity index is 633. The van der Waals surface area contributed by atoms with E-state index in [9.17, 15) is 0 Å². The molecule has 1 saturated heterocycles. The summed E-state index contributed by atoms with van der Waals surface area (Å²) < 4.78 is 0. The Morgan fingerprint density at radius 2 is 2.05 bits per heavy atom. The van der Waals surface area contributed by atoms with Gasteiger partial charge in [-0.3, -0.25) is 4.90 Å². The lowest BCUT2D eigenvalue weighted by Gasteiger charge is -2.33. The maximum atomic E-state index is 6.53. The minimum atomic E-state index is 0. The highest BCUT2D eigenvalue weighted by atomic mass is 35.5. The number of hydrogen-bond donors (Lipinski definition) is 1. The number of nitrogens with zero attached hydrogens (tertiary/aromatic N) is 2. The molecule has 1 aliphatic rings. The number of piperazine rings is 1. The number of aryl methyl sites for hydroxylation is 1. The van der Waals surface area contributed by atoms with E-state index >= 15 is 0 Å². The zero-order valence-electron chi connectivity index (χ0n) is 12.8. The molecule has 1 fully saturated rings. The first-order valence-electron chi connectivity index (χ1n) is 7.15. The van der Waals surface area contributed by atoms with E-state index < -0.39 is 0 Å². The van der Waals surface area contributed by atoms with Gasteiger partial charge < -0.3 is 5.32 Å². The first kappa shape index (κ1) is 19.5. The molecular weight excluding hydrogens is 341 g/mol. The Morgan fingerprint density at radius 1 is 1.32 bits per heavy atom. The average molecular weight is 363 g/mol. The van der Waals surface area contributed by atoms with Crippen molar-refractivity contribution in [3.63, 3.8) is 0 Å². The van der Waals surface area contributed by atoms with Gasteiger partial charge in [0.2, 0.25) is 0 Å². The molecule has 22 heavy (non-hydrogen) atoms. The van der Waals surface area contributed by atoms with Gasteiger partial charge >= 0.3 is 0 Å². The number of benzene rings is 1. The molecule has 1 aromatic carbocycles. The summed E-state index contributed by atoms with van der Waals surface area (Å²) in [6.45, 7) is 8.27. The van der Waals surface area contributed by atoms with Gasteiger partial charge in [0.1, 0.15) is 0 Å². The molecule has 1 aromatic heterocycles. The molecular formula is C16H22Cl3N3. The SMILES string of the molecule is Cc1c(Cl)c(CN2CCNC[C@@H]2C)nc2ccccc12.Cl.Cl. The lowest BCUT2D eigenvalue weighted by Crippen LogP contribution is -2.49. The molecule has 122 valence electrons. The Morgan fingerprint density at radius 3 is 2.77 bits per heavy atom. The van der Waals surface area contributed by atoms with Crippen LogP contribution in [0.5, 0.6) is 0 Å². The van der Waals surface area contributed by atoms with Crippen molar-refractivity contribution in [3.05, 3.63) is 40.5 Å². The van der Waals surface area contributed by atoms with Crippen molar-refractivity contribution in [2.45, 2.75) is 26.4 Å². The van der Waals surface area contributed by atoms with Crippen molar-refractivity contribution in [1.82, 2.24) is 15.2 Å². The highest BCUT2D eigenvalue weighted by Crippen LogP contribution is 2.28. The zero-order valence-corrected chi connectivity index (χ0v) is 15.2. The van der Waals surface area contributed by atoms with Gasteiger partial charge in [0.05, 0.1) is 16.2 Å². The molecule has 1 aliphatic heterocycles. The highest BCUT2D eigenvalue weighted by Gasteiger charge is 2.20. The number of fused-ring (bicyclic) bond motifs is 1. The fraction of sp³-hybridized carbons (Fsp3) is 0.438. The van der Waals surface area contributed by atoms with Crippen LogP contribution in [0.4, 0.5) is 0 Å². The third-order valence-electron chi connectivity index (χ3n) is 4.14. The van der Waals surface area contributed by atoms with E-state index in [1.807, 2.05) is 12.1 Å². The summed E-state index contributed by atoms with van der Waals surface area (Å²) in [4.78, 5) is 7.21. The predicted octanol–water partition coefficient (Wildman–Crippen LogP) is 3.83. The van der Waals surface area contributed by atoms with Crippen molar-refractivity contribution >= 4 is 47.3 Å². The summed E-state index contributed by atoms with van der Waals surface area (Å²) in [5.74, 6) is 0. The fourth-order valence-electron chi connectivity index (χ4n) is 2.83. The molecule has 0 aliphatic carbocycles. The van der Waals surface area contributed by atoms with Gasteiger partial charge in [0, 0.05) is 37.6 Å². The van der Waals surface area contributed by atoms with E-state index in [-0.39, 0.29) is 24.8 Å². The molecule has 3 nitrogen and oxygen atoms in total. The third kappa shape index (κ3) is 3.84. The highest BCUT2D eigenvalue weighted by molar-refractivity contribution is 6.32. The van der Waals surface area contributed by atoms with Crippen molar-refractivity contribution in [3.8, 4) is 0 Å². The maximum Gasteiger partial charge on any atom is 0.0740 e. The van der Waals surface area contributed by atoms with Crippen LogP contribution in [0.3, 0.4) is 0 Å². The van der Waals surface area contributed by atoms with Gasteiger partial charge in [-0.25, -0.2) is 4.98 Å². The Labute approximate surface area is 149 Å². The monoisotopic (exact) mass is 361 g/mol. The summed E-state index contributed by atoms with van der Waals surface area (Å²) in [5, 5.41) is 5.37. The van der Waals surface area contributed by atoms with E-state index in [4.69, 9.17) is 16.6 Å². The molecule has 0 radical (unpaired) electrons. The number of nitrogens with one attached hydrogen (secondary N) is 1. The quantitative estimate of drug-likeness (QED) is 0.880. The van der Waals surface area contributed by atoms with Crippen LogP contribution in [0.2, 0.25) is 5.02 Å². The molecule has 0 saturated carbocycles. The van der Waals surface area contributed by atoms with Crippen LogP contribution in [0.25, 0.3) is 10.9 Å². The topological polar surface area (TPSA) is 28.2 Å². The van der Waals surface area contributed by atoms with Gasteiger partial charge in [-0.05, 0) is 25.5 Å². The van der Waals surface area contributed by atoms with Crippen LogP contribution < -0.4 is 5.32 Å². The van der Waals surface area contributed by atoms with Gasteiger partial charge in [-0.2, -0.15) is 0 Å². The Balaban J connectivity index is 0.00000121. The molecule has 0 unspecified atom stereocenters. The first-order chi connectivity index (χ1) is 9.66. The van der Waals surface area contributed by atoms with Crippen molar-refractivity contribution < 1.29 is 0 Å². The second-order valence-corrected chi connectivity index (χ2v) is 5.92. The Kier molecular flexibility index (Phi) is 7.36. The van der Waals surface area contributed by atoms with Crippen LogP contribution in [-0.4, -0.2) is 35.6 Å². The summed E-state index contributed by atoms with van der Waals surface area (Å²) in [5.41, 5.74) is 3.17. The number of para-hydroxylation sites is 1. The molecule has 2 heterocycles. The standard InChI is InChI=1S/C16H20ClN3.2ClH/c1-11-9-18-7-8-20(11)10-15-16(17)12(2)13-5-3-4-6-14(13)19-15;;/h3-6,11,18H,7-10H2,1-2H3;2*1H/t11-;;/m0../s1. The smallest absolute Gasteiger partial charge is 0.0740 e. The number of halogens is 3. The van der Waals surface area contributed by atoms with E-state index in [0.717, 1.165) is 53.4 Å². The second kappa shape index (κ2) is 8.32. The molecule has 3 rings (SSSR count). The van der Waals surface area contributed by atoms with E-state index in [1.165, 1.54) is 0 Å². The molecule has 0 bridgehead atoms. The third-order valence-corrected chi connectivity index (χ3v) is 4.64. The van der Waals surface area contributed by atoms with Crippen LogP contribution in [0.15, 0.2) is 24.3 Å². The average Bonchev–Trinajstić information content (AvgIpc) is 2.47. The van der Waals surface area contributed by atoms with Gasteiger partial charge in [-0.15, -0.1) is 24.8 Å². The van der Waals surface area contributed by atoms with E-state index in [0.29, 0.717) is 6.04 Å². The van der Waals surface area contributed by atoms with Crippen LogP contribution >= 0.6 is 36.4 Å². The molecule has 2 aromatic rings. The van der Waals surface area contributed by atoms with E-state index in [2.05, 4.69) is 36.2 Å². The summed E-state index contributed by atoms with van der Waals surface area (Å²) in [6.07, 6.45) is 0. The largest absolute Gasteiger partial charge is 0.314 e. The van der Waals surface area contributed by atoms with Crippen LogP contribution in [0.1, 0.15) is 18.2 Å². The summed E-state index contributed by atoms with van der Waals surface area (Å²) in [7, 11) is 0. The van der Waals surface area contributed by atoms with Gasteiger partial charge in [-0.1, -0.05) is 29.8 Å². The predicted molar refractivity (Wildman–Crippen MR) is 98.7 cm³/mol. The van der Waals surface area contributed by atoms with Gasteiger partial charge in [0.25, 0.3) is 0 Å². The van der Waals surface area contributed by atoms with Crippen LogP contribution in [-0.2, 0) is 6.54 Å². The zero-order chi connectivity index (χ0) is 14.1. The molecule has 1 N–H and O–H groups in total. The number of hydrogen-bond acceptors (Lipinski definition) is 3. The summed E-state index contributed by atoms with van der Waals surface area (Å²) >= 11 is 6.53. The minimum Gasteiger partial charge on any atom is -0.314 e. The van der Waals surface area contributed by atoms with Crippen molar-refractivity contribution in [2.75, 3.05) is 19.6 Å². The van der Waals surface area contributed by atoms with Gasteiger partial charge in [0.15, 0.2) is 0 Å². The fourth-order valence-corrected chi connectivity index (χ4v) is 3.04. The summed E-state index contributed by atoms with van der Waals surface area (Å²) in [6, 6.07) is 8.73. The Hall–Kier alpha value is -0.580. The normalized spacial score (nSPS) is 18.6. The molecule has 6 heteroatoms. The van der Waals surface area contributed by atoms with E-state index in [1.54, 1.807) is 0 Å². The molecule has 1 atom stereocenters. The van der Waals surface area contributed by atoms with Crippen LogP contribution in [0, 0.1) is 6.92 Å². The second-order valence-electron chi connectivity index (χ2n) is 5.54. The van der Waals surface area contributed by atoms with Crippen molar-refractivity contribution in [2.24, 2.45) is 0 Å². The van der Waals surface area contributed by atoms with Crippen molar-refractivity contribution in [1.29, 1.82) is 0 Å². The molecule has 0 spiro atoms. The number of pyridine rings is 1. The number of rotatable bonds is 2.